The molecule has 0 spiro atoms. The molecule has 38 heavy (non-hydrogen) atoms. The number of aryl methyl sites for hydroxylation is 1. The minimum Gasteiger partial charge on any atom is -0.497 e. The Kier molecular flexibility index (Phi) is 8.89. The lowest BCUT2D eigenvalue weighted by molar-refractivity contribution is -0.134. The van der Waals surface area contributed by atoms with Crippen LogP contribution in [0.4, 0.5) is 5.95 Å². The fourth-order valence-corrected chi connectivity index (χ4v) is 3.98. The summed E-state index contributed by atoms with van der Waals surface area (Å²) in [4.78, 5) is 32.4. The third-order valence-corrected chi connectivity index (χ3v) is 6.11. The Hall–Kier alpha value is -4.43. The van der Waals surface area contributed by atoms with Crippen LogP contribution in [0.3, 0.4) is 0 Å². The SMILES string of the molecule is COCCN(CC(=O)Nc1nc(-c2ccc(OC)cc2)cn1-c1ccc(C)cc1)C(=O)Cc1ccccc1. The maximum atomic E-state index is 13.2. The quantitative estimate of drug-likeness (QED) is 0.320. The third kappa shape index (κ3) is 6.86. The van der Waals surface area contributed by atoms with Crippen molar-refractivity contribution in [2.45, 2.75) is 13.3 Å². The predicted molar refractivity (Wildman–Crippen MR) is 148 cm³/mol. The molecule has 4 aromatic rings. The lowest BCUT2D eigenvalue weighted by Gasteiger charge is -2.22. The van der Waals surface area contributed by atoms with Crippen LogP contribution in [0.15, 0.2) is 85.1 Å². The number of imidazole rings is 1. The first-order valence-corrected chi connectivity index (χ1v) is 12.4. The molecule has 0 saturated carbocycles. The second-order valence-electron chi connectivity index (χ2n) is 8.90. The molecule has 1 N–H and O–H groups in total. The molecule has 1 aromatic heterocycles. The molecule has 2 amide bonds. The summed E-state index contributed by atoms with van der Waals surface area (Å²) in [5, 5.41) is 2.92. The number of hydrogen-bond donors (Lipinski definition) is 1. The average Bonchev–Trinajstić information content (AvgIpc) is 3.35. The van der Waals surface area contributed by atoms with Gasteiger partial charge in [-0.25, -0.2) is 4.98 Å². The van der Waals surface area contributed by atoms with Gasteiger partial charge in [0.1, 0.15) is 12.3 Å². The molecule has 196 valence electrons. The van der Waals surface area contributed by atoms with Gasteiger partial charge in [0, 0.05) is 31.1 Å². The molecule has 8 nitrogen and oxygen atoms in total. The van der Waals surface area contributed by atoms with Crippen LogP contribution >= 0.6 is 0 Å². The molecule has 4 rings (SSSR count). The number of nitrogens with one attached hydrogen (secondary N) is 1. The van der Waals surface area contributed by atoms with Crippen molar-refractivity contribution in [1.82, 2.24) is 14.5 Å². The Morgan fingerprint density at radius 1 is 0.947 bits per heavy atom. The van der Waals surface area contributed by atoms with E-state index in [0.717, 1.165) is 28.1 Å². The number of benzene rings is 3. The number of nitrogens with zero attached hydrogens (tertiary/aromatic N) is 3. The van der Waals surface area contributed by atoms with Gasteiger partial charge in [-0.1, -0.05) is 48.0 Å². The van der Waals surface area contributed by atoms with Crippen LogP contribution in [-0.2, 0) is 20.7 Å². The van der Waals surface area contributed by atoms with Gasteiger partial charge in [-0.2, -0.15) is 0 Å². The normalized spacial score (nSPS) is 10.7. The smallest absolute Gasteiger partial charge is 0.246 e. The molecule has 0 saturated heterocycles. The number of methoxy groups -OCH3 is 2. The summed E-state index contributed by atoms with van der Waals surface area (Å²) < 4.78 is 12.3. The van der Waals surface area contributed by atoms with E-state index in [2.05, 4.69) is 5.32 Å². The summed E-state index contributed by atoms with van der Waals surface area (Å²) in [6, 6.07) is 25.0. The second kappa shape index (κ2) is 12.7. The van der Waals surface area contributed by atoms with Crippen LogP contribution in [0.25, 0.3) is 16.9 Å². The van der Waals surface area contributed by atoms with E-state index < -0.39 is 0 Å². The van der Waals surface area contributed by atoms with Crippen molar-refractivity contribution in [1.29, 1.82) is 0 Å². The maximum Gasteiger partial charge on any atom is 0.246 e. The molecule has 0 aliphatic heterocycles. The van der Waals surface area contributed by atoms with Gasteiger partial charge in [0.2, 0.25) is 17.8 Å². The van der Waals surface area contributed by atoms with E-state index in [4.69, 9.17) is 14.5 Å². The number of carbonyl (C=O) groups excluding carboxylic acids is 2. The standard InChI is InChI=1S/C30H32N4O4/c1-22-9-13-25(14-10-22)34-20-27(24-11-15-26(38-3)16-12-24)31-30(34)32-28(35)21-33(17-18-37-2)29(36)19-23-7-5-4-6-8-23/h4-16,20H,17-19,21H2,1-3H3,(H,31,32,35). The second-order valence-corrected chi connectivity index (χ2v) is 8.90. The largest absolute Gasteiger partial charge is 0.497 e. The molecule has 0 unspecified atom stereocenters. The number of carbonyl (C=O) groups is 2. The highest BCUT2D eigenvalue weighted by atomic mass is 16.5. The predicted octanol–water partition coefficient (Wildman–Crippen LogP) is 4.51. The highest BCUT2D eigenvalue weighted by molar-refractivity contribution is 5.94. The van der Waals surface area contributed by atoms with Crippen LogP contribution < -0.4 is 10.1 Å². The number of anilines is 1. The molecular formula is C30H32N4O4. The molecule has 8 heteroatoms. The molecule has 0 fully saturated rings. The molecule has 0 bridgehead atoms. The molecule has 1 heterocycles. The Morgan fingerprint density at radius 3 is 2.32 bits per heavy atom. The van der Waals surface area contributed by atoms with Crippen LogP contribution in [0.2, 0.25) is 0 Å². The van der Waals surface area contributed by atoms with E-state index in [1.807, 2.05) is 96.6 Å². The number of hydrogen-bond acceptors (Lipinski definition) is 5. The molecular weight excluding hydrogens is 480 g/mol. The summed E-state index contributed by atoms with van der Waals surface area (Å²) in [6.07, 6.45) is 2.09. The minimum absolute atomic E-state index is 0.117. The van der Waals surface area contributed by atoms with Gasteiger partial charge in [0.25, 0.3) is 0 Å². The van der Waals surface area contributed by atoms with Gasteiger partial charge < -0.3 is 14.4 Å². The van der Waals surface area contributed by atoms with Crippen molar-refractivity contribution in [2.75, 3.05) is 39.2 Å². The average molecular weight is 513 g/mol. The zero-order chi connectivity index (χ0) is 26.9. The van der Waals surface area contributed by atoms with Gasteiger partial charge in [0.05, 0.1) is 25.8 Å². The fraction of sp³-hybridized carbons (Fsp3) is 0.233. The maximum absolute atomic E-state index is 13.2. The van der Waals surface area contributed by atoms with Crippen LogP contribution in [-0.4, -0.2) is 60.2 Å². The fourth-order valence-electron chi connectivity index (χ4n) is 3.98. The molecule has 0 radical (unpaired) electrons. The number of amides is 2. The van der Waals surface area contributed by atoms with Crippen molar-refractivity contribution >= 4 is 17.8 Å². The lowest BCUT2D eigenvalue weighted by Crippen LogP contribution is -2.41. The van der Waals surface area contributed by atoms with Crippen molar-refractivity contribution < 1.29 is 19.1 Å². The first-order chi connectivity index (χ1) is 18.5. The first kappa shape index (κ1) is 26.6. The summed E-state index contributed by atoms with van der Waals surface area (Å²) >= 11 is 0. The van der Waals surface area contributed by atoms with Gasteiger partial charge in [-0.15, -0.1) is 0 Å². The first-order valence-electron chi connectivity index (χ1n) is 12.4. The van der Waals surface area contributed by atoms with E-state index in [1.54, 1.807) is 14.2 Å². The van der Waals surface area contributed by atoms with E-state index in [1.165, 1.54) is 4.90 Å². The number of ether oxygens (including phenoxy) is 2. The molecule has 0 atom stereocenters. The topological polar surface area (TPSA) is 85.7 Å². The van der Waals surface area contributed by atoms with Crippen molar-refractivity contribution in [3.63, 3.8) is 0 Å². The van der Waals surface area contributed by atoms with Crippen LogP contribution in [0, 0.1) is 6.92 Å². The Balaban J connectivity index is 1.57. The van der Waals surface area contributed by atoms with Gasteiger partial charge in [0.15, 0.2) is 0 Å². The number of aromatic nitrogens is 2. The summed E-state index contributed by atoms with van der Waals surface area (Å²) in [7, 11) is 3.19. The van der Waals surface area contributed by atoms with Gasteiger partial charge in [-0.05, 0) is 48.9 Å². The summed E-state index contributed by atoms with van der Waals surface area (Å²) in [5.74, 6) is 0.621. The summed E-state index contributed by atoms with van der Waals surface area (Å²) in [6.45, 7) is 2.53. The third-order valence-electron chi connectivity index (χ3n) is 6.11. The van der Waals surface area contributed by atoms with Crippen molar-refractivity contribution in [3.05, 3.63) is 96.2 Å². The molecule has 0 aliphatic carbocycles. The van der Waals surface area contributed by atoms with E-state index >= 15 is 0 Å². The van der Waals surface area contributed by atoms with E-state index in [9.17, 15) is 9.59 Å². The van der Waals surface area contributed by atoms with E-state index in [-0.39, 0.29) is 24.8 Å². The van der Waals surface area contributed by atoms with Crippen LogP contribution in [0.5, 0.6) is 5.75 Å². The zero-order valence-electron chi connectivity index (χ0n) is 21.9. The Bertz CT molecular complexity index is 1350. The summed E-state index contributed by atoms with van der Waals surface area (Å²) in [5.41, 5.74) is 4.45. The molecule has 0 aliphatic rings. The highest BCUT2D eigenvalue weighted by Crippen LogP contribution is 2.26. The van der Waals surface area contributed by atoms with Crippen molar-refractivity contribution in [2.24, 2.45) is 0 Å². The monoisotopic (exact) mass is 512 g/mol. The Morgan fingerprint density at radius 2 is 1.66 bits per heavy atom. The molecule has 3 aromatic carbocycles. The van der Waals surface area contributed by atoms with Gasteiger partial charge in [-0.3, -0.25) is 19.5 Å². The van der Waals surface area contributed by atoms with Crippen LogP contribution in [0.1, 0.15) is 11.1 Å². The lowest BCUT2D eigenvalue weighted by atomic mass is 10.1. The highest BCUT2D eigenvalue weighted by Gasteiger charge is 2.20. The minimum atomic E-state index is -0.345. The van der Waals surface area contributed by atoms with E-state index in [0.29, 0.717) is 24.8 Å². The van der Waals surface area contributed by atoms with Gasteiger partial charge >= 0.3 is 0 Å². The zero-order valence-corrected chi connectivity index (χ0v) is 21.9. The number of rotatable bonds is 11. The van der Waals surface area contributed by atoms with Crippen molar-refractivity contribution in [3.8, 4) is 22.7 Å². The Labute approximate surface area is 222 Å².